The number of carboxylic acid groups (broad SMARTS) is 1. The van der Waals surface area contributed by atoms with Crippen LogP contribution in [0.2, 0.25) is 0 Å². The maximum absolute atomic E-state index is 12.3. The molecule has 100 valence electrons. The second kappa shape index (κ2) is 4.68. The topological polar surface area (TPSA) is 94.9 Å². The summed E-state index contributed by atoms with van der Waals surface area (Å²) in [7, 11) is 0. The summed E-state index contributed by atoms with van der Waals surface area (Å²) in [6, 6.07) is 0. The van der Waals surface area contributed by atoms with Gasteiger partial charge in [0.2, 0.25) is 11.8 Å². The average molecular weight is 255 g/mol. The van der Waals surface area contributed by atoms with E-state index in [-0.39, 0.29) is 18.2 Å². The van der Waals surface area contributed by atoms with E-state index in [0.717, 1.165) is 24.2 Å². The predicted molar refractivity (Wildman–Crippen MR) is 60.5 cm³/mol. The molecule has 1 saturated carbocycles. The SMILES string of the molecule is O=C(O)C(O)CN1C(=O)CC2(CCCCC2)C1=O. The Morgan fingerprint density at radius 1 is 1.28 bits per heavy atom. The van der Waals surface area contributed by atoms with E-state index in [1.807, 2.05) is 0 Å². The molecule has 1 saturated heterocycles. The highest BCUT2D eigenvalue weighted by Crippen LogP contribution is 2.45. The van der Waals surface area contributed by atoms with Crippen LogP contribution < -0.4 is 0 Å². The molecule has 18 heavy (non-hydrogen) atoms. The van der Waals surface area contributed by atoms with Crippen molar-refractivity contribution < 1.29 is 24.6 Å². The lowest BCUT2D eigenvalue weighted by Crippen LogP contribution is -2.43. The fourth-order valence-electron chi connectivity index (χ4n) is 2.92. The maximum Gasteiger partial charge on any atom is 0.334 e. The van der Waals surface area contributed by atoms with Crippen LogP contribution >= 0.6 is 0 Å². The number of carboxylic acids is 1. The minimum atomic E-state index is -1.70. The highest BCUT2D eigenvalue weighted by atomic mass is 16.4. The highest BCUT2D eigenvalue weighted by Gasteiger charge is 2.51. The molecule has 6 nitrogen and oxygen atoms in total. The van der Waals surface area contributed by atoms with Gasteiger partial charge in [0.05, 0.1) is 12.0 Å². The number of aliphatic hydroxyl groups excluding tert-OH is 1. The van der Waals surface area contributed by atoms with Crippen LogP contribution in [0.4, 0.5) is 0 Å². The van der Waals surface area contributed by atoms with Gasteiger partial charge in [-0.25, -0.2) is 4.79 Å². The summed E-state index contributed by atoms with van der Waals surface area (Å²) in [4.78, 5) is 35.6. The van der Waals surface area contributed by atoms with Crippen LogP contribution in [0.15, 0.2) is 0 Å². The molecular formula is C12H17NO5. The van der Waals surface area contributed by atoms with Crippen molar-refractivity contribution in [2.75, 3.05) is 6.54 Å². The largest absolute Gasteiger partial charge is 0.479 e. The number of β-amino-alcohol motifs (C(OH)–C–C–N with tert-alkyl or cyclic N) is 1. The molecule has 1 aliphatic carbocycles. The molecule has 0 aromatic heterocycles. The number of aliphatic hydroxyl groups is 1. The zero-order valence-electron chi connectivity index (χ0n) is 10.1. The highest BCUT2D eigenvalue weighted by molar-refractivity contribution is 6.06. The van der Waals surface area contributed by atoms with Gasteiger partial charge in [0.1, 0.15) is 0 Å². The second-order valence-electron chi connectivity index (χ2n) is 5.18. The number of amides is 2. The maximum atomic E-state index is 12.3. The number of carbonyl (C=O) groups is 3. The molecule has 6 heteroatoms. The summed E-state index contributed by atoms with van der Waals surface area (Å²) in [5, 5.41) is 17.9. The molecule has 2 amide bonds. The molecule has 0 aromatic rings. The van der Waals surface area contributed by atoms with Crippen molar-refractivity contribution in [1.82, 2.24) is 4.90 Å². The first-order valence-electron chi connectivity index (χ1n) is 6.22. The third-order valence-electron chi connectivity index (χ3n) is 3.94. The van der Waals surface area contributed by atoms with E-state index in [4.69, 9.17) is 5.11 Å². The van der Waals surface area contributed by atoms with E-state index in [2.05, 4.69) is 0 Å². The van der Waals surface area contributed by atoms with Gasteiger partial charge in [-0.2, -0.15) is 0 Å². The molecule has 1 atom stereocenters. The predicted octanol–water partition coefficient (Wildman–Crippen LogP) is 0.141. The minimum Gasteiger partial charge on any atom is -0.479 e. The van der Waals surface area contributed by atoms with Gasteiger partial charge >= 0.3 is 5.97 Å². The average Bonchev–Trinajstić information content (AvgIpc) is 2.55. The molecule has 2 aliphatic rings. The fraction of sp³-hybridized carbons (Fsp3) is 0.750. The Morgan fingerprint density at radius 3 is 2.44 bits per heavy atom. The summed E-state index contributed by atoms with van der Waals surface area (Å²) < 4.78 is 0. The van der Waals surface area contributed by atoms with Gasteiger partial charge in [0, 0.05) is 6.42 Å². The van der Waals surface area contributed by atoms with Gasteiger partial charge in [0.25, 0.3) is 0 Å². The van der Waals surface area contributed by atoms with Crippen LogP contribution in [0.3, 0.4) is 0 Å². The number of imide groups is 1. The van der Waals surface area contributed by atoms with E-state index in [1.165, 1.54) is 0 Å². The first-order valence-corrected chi connectivity index (χ1v) is 6.22. The molecule has 0 radical (unpaired) electrons. The van der Waals surface area contributed by atoms with E-state index in [0.29, 0.717) is 12.8 Å². The van der Waals surface area contributed by atoms with E-state index >= 15 is 0 Å². The van der Waals surface area contributed by atoms with Gasteiger partial charge in [-0.1, -0.05) is 19.3 Å². The smallest absolute Gasteiger partial charge is 0.334 e. The van der Waals surface area contributed by atoms with Crippen molar-refractivity contribution in [2.45, 2.75) is 44.6 Å². The zero-order valence-corrected chi connectivity index (χ0v) is 10.1. The van der Waals surface area contributed by atoms with Crippen LogP contribution in [0.1, 0.15) is 38.5 Å². The van der Waals surface area contributed by atoms with Gasteiger partial charge < -0.3 is 10.2 Å². The number of rotatable bonds is 3. The Kier molecular flexibility index (Phi) is 3.38. The monoisotopic (exact) mass is 255 g/mol. The second-order valence-corrected chi connectivity index (χ2v) is 5.18. The summed E-state index contributed by atoms with van der Waals surface area (Å²) in [6.45, 7) is -0.436. The Bertz CT molecular complexity index is 386. The molecule has 0 aromatic carbocycles. The summed E-state index contributed by atoms with van der Waals surface area (Å²) in [6.07, 6.45) is 2.77. The Morgan fingerprint density at radius 2 is 1.89 bits per heavy atom. The molecule has 1 heterocycles. The lowest BCUT2D eigenvalue weighted by Gasteiger charge is -2.30. The van der Waals surface area contributed by atoms with Crippen LogP contribution in [-0.2, 0) is 14.4 Å². The van der Waals surface area contributed by atoms with E-state index < -0.39 is 24.0 Å². The van der Waals surface area contributed by atoms with E-state index in [9.17, 15) is 19.5 Å². The van der Waals surface area contributed by atoms with Gasteiger partial charge in [-0.05, 0) is 12.8 Å². The standard InChI is InChI=1S/C12H17NO5/c14-8(10(16)17)7-13-9(15)6-12(11(13)18)4-2-1-3-5-12/h8,14H,1-7H2,(H,16,17). The van der Waals surface area contributed by atoms with Crippen LogP contribution in [0.5, 0.6) is 0 Å². The van der Waals surface area contributed by atoms with Gasteiger partial charge in [-0.15, -0.1) is 0 Å². The summed E-state index contributed by atoms with van der Waals surface area (Å²) in [5.41, 5.74) is -0.618. The normalized spacial score (nSPS) is 24.6. The number of hydrogen-bond acceptors (Lipinski definition) is 4. The lowest BCUT2D eigenvalue weighted by atomic mass is 9.73. The molecule has 2 N–H and O–H groups in total. The van der Waals surface area contributed by atoms with Crippen molar-refractivity contribution >= 4 is 17.8 Å². The summed E-state index contributed by atoms with van der Waals surface area (Å²) >= 11 is 0. The van der Waals surface area contributed by atoms with Crippen molar-refractivity contribution in [3.63, 3.8) is 0 Å². The number of carbonyl (C=O) groups excluding carboxylic acids is 2. The number of nitrogens with zero attached hydrogens (tertiary/aromatic N) is 1. The Hall–Kier alpha value is -1.43. The van der Waals surface area contributed by atoms with Crippen molar-refractivity contribution in [3.05, 3.63) is 0 Å². The quantitative estimate of drug-likeness (QED) is 0.699. The number of hydrogen-bond donors (Lipinski definition) is 2. The van der Waals surface area contributed by atoms with Crippen molar-refractivity contribution in [3.8, 4) is 0 Å². The van der Waals surface area contributed by atoms with Crippen molar-refractivity contribution in [2.24, 2.45) is 5.41 Å². The molecular weight excluding hydrogens is 238 g/mol. The number of aliphatic carboxylic acids is 1. The lowest BCUT2D eigenvalue weighted by molar-refractivity contribution is -0.151. The van der Waals surface area contributed by atoms with Crippen LogP contribution in [0.25, 0.3) is 0 Å². The first kappa shape index (κ1) is 13.0. The van der Waals surface area contributed by atoms with Crippen molar-refractivity contribution in [1.29, 1.82) is 0 Å². The van der Waals surface area contributed by atoms with Gasteiger partial charge in [0.15, 0.2) is 6.10 Å². The molecule has 1 aliphatic heterocycles. The molecule has 1 spiro atoms. The number of likely N-dealkylation sites (tertiary alicyclic amines) is 1. The third-order valence-corrected chi connectivity index (χ3v) is 3.94. The molecule has 0 bridgehead atoms. The molecule has 2 rings (SSSR count). The fourth-order valence-corrected chi connectivity index (χ4v) is 2.92. The molecule has 1 unspecified atom stereocenters. The Labute approximate surface area is 105 Å². The minimum absolute atomic E-state index is 0.165. The Balaban J connectivity index is 2.11. The third kappa shape index (κ3) is 2.12. The van der Waals surface area contributed by atoms with Gasteiger partial charge in [-0.3, -0.25) is 14.5 Å². The van der Waals surface area contributed by atoms with E-state index in [1.54, 1.807) is 0 Å². The molecule has 2 fully saturated rings. The first-order chi connectivity index (χ1) is 8.46. The van der Waals surface area contributed by atoms with Crippen LogP contribution in [0, 0.1) is 5.41 Å². The summed E-state index contributed by atoms with van der Waals surface area (Å²) in [5.74, 6) is -2.07. The zero-order chi connectivity index (χ0) is 13.3. The van der Waals surface area contributed by atoms with Crippen LogP contribution in [-0.4, -0.2) is 45.5 Å².